The summed E-state index contributed by atoms with van der Waals surface area (Å²) in [5.41, 5.74) is 4.19. The zero-order chi connectivity index (χ0) is 13.9. The average Bonchev–Trinajstić information content (AvgIpc) is 2.97. The van der Waals surface area contributed by atoms with Gasteiger partial charge < -0.3 is 4.42 Å². The van der Waals surface area contributed by atoms with Crippen molar-refractivity contribution in [3.05, 3.63) is 51.3 Å². The zero-order valence-electron chi connectivity index (χ0n) is 10.8. The largest absolute Gasteiger partial charge is 0.423 e. The smallest absolute Gasteiger partial charge is 0.336 e. The molecule has 0 bridgehead atoms. The van der Waals surface area contributed by atoms with Crippen LogP contribution in [-0.2, 0) is 12.2 Å². The number of nitrogens with zero attached hydrogens (tertiary/aromatic N) is 2. The van der Waals surface area contributed by atoms with Gasteiger partial charge in [0, 0.05) is 17.2 Å². The maximum absolute atomic E-state index is 11.7. The van der Waals surface area contributed by atoms with Gasteiger partial charge in [-0.05, 0) is 23.6 Å². The lowest BCUT2D eigenvalue weighted by Crippen LogP contribution is -2.00. The molecule has 0 saturated carbocycles. The average molecular weight is 304 g/mol. The lowest BCUT2D eigenvalue weighted by Gasteiger charge is -2.05. The quantitative estimate of drug-likeness (QED) is 0.545. The van der Waals surface area contributed by atoms with Gasteiger partial charge in [-0.1, -0.05) is 42.2 Å². The lowest BCUT2D eigenvalue weighted by molar-refractivity contribution is 0.559. The van der Waals surface area contributed by atoms with Crippen LogP contribution in [0, 0.1) is 0 Å². The van der Waals surface area contributed by atoms with Crippen LogP contribution >= 0.6 is 23.1 Å². The van der Waals surface area contributed by atoms with E-state index in [1.165, 1.54) is 11.3 Å². The van der Waals surface area contributed by atoms with E-state index < -0.39 is 0 Å². The molecule has 0 amide bonds. The first-order valence-electron chi connectivity index (χ1n) is 6.21. The van der Waals surface area contributed by atoms with Crippen molar-refractivity contribution in [3.8, 4) is 0 Å². The molecule has 0 aliphatic rings. The zero-order valence-corrected chi connectivity index (χ0v) is 12.5. The predicted octanol–water partition coefficient (Wildman–Crippen LogP) is 3.50. The highest BCUT2D eigenvalue weighted by Crippen LogP contribution is 2.27. The Bertz CT molecular complexity index is 781. The number of aromatic nitrogens is 2. The highest BCUT2D eigenvalue weighted by atomic mass is 32.2. The van der Waals surface area contributed by atoms with Crippen molar-refractivity contribution in [3.63, 3.8) is 0 Å². The summed E-state index contributed by atoms with van der Waals surface area (Å²) in [6.45, 7) is 2.08. The normalized spacial score (nSPS) is 11.1. The second-order valence-corrected chi connectivity index (χ2v) is 6.32. The summed E-state index contributed by atoms with van der Waals surface area (Å²) in [7, 11) is 0. The number of benzene rings is 1. The van der Waals surface area contributed by atoms with Crippen LogP contribution in [0.5, 0.6) is 0 Å². The third-order valence-corrected chi connectivity index (χ3v) is 4.90. The third kappa shape index (κ3) is 2.76. The van der Waals surface area contributed by atoms with Crippen molar-refractivity contribution in [1.29, 1.82) is 0 Å². The Morgan fingerprint density at radius 1 is 1.35 bits per heavy atom. The van der Waals surface area contributed by atoms with E-state index in [2.05, 4.69) is 23.2 Å². The molecule has 3 aromatic rings. The van der Waals surface area contributed by atoms with Crippen LogP contribution in [0.1, 0.15) is 18.1 Å². The molecule has 0 saturated heterocycles. The summed E-state index contributed by atoms with van der Waals surface area (Å²) in [4.78, 5) is 11.7. The van der Waals surface area contributed by atoms with Crippen LogP contribution in [0.25, 0.3) is 11.0 Å². The first-order valence-corrected chi connectivity index (χ1v) is 8.07. The third-order valence-electron chi connectivity index (χ3n) is 2.99. The van der Waals surface area contributed by atoms with Crippen LogP contribution in [0.4, 0.5) is 0 Å². The Kier molecular flexibility index (Phi) is 3.84. The van der Waals surface area contributed by atoms with Gasteiger partial charge >= 0.3 is 5.63 Å². The van der Waals surface area contributed by atoms with E-state index in [1.807, 2.05) is 12.1 Å². The van der Waals surface area contributed by atoms with Crippen molar-refractivity contribution in [1.82, 2.24) is 10.2 Å². The molecule has 3 rings (SSSR count). The first-order chi connectivity index (χ1) is 9.76. The predicted molar refractivity (Wildman–Crippen MR) is 81.3 cm³/mol. The van der Waals surface area contributed by atoms with Crippen LogP contribution in [0.3, 0.4) is 0 Å². The molecule has 2 heterocycles. The Hall–Kier alpha value is -1.66. The molecule has 102 valence electrons. The van der Waals surface area contributed by atoms with Crippen molar-refractivity contribution < 1.29 is 4.42 Å². The topological polar surface area (TPSA) is 56.0 Å². The summed E-state index contributed by atoms with van der Waals surface area (Å²) >= 11 is 3.08. The van der Waals surface area contributed by atoms with Crippen LogP contribution in [0.2, 0.25) is 0 Å². The van der Waals surface area contributed by atoms with E-state index in [0.717, 1.165) is 27.3 Å². The molecule has 0 atom stereocenters. The molecule has 1 aromatic carbocycles. The second kappa shape index (κ2) is 5.76. The van der Waals surface area contributed by atoms with Crippen molar-refractivity contribution >= 4 is 34.1 Å². The molecule has 4 nitrogen and oxygen atoms in total. The molecule has 0 unspecified atom stereocenters. The van der Waals surface area contributed by atoms with E-state index in [4.69, 9.17) is 4.42 Å². The van der Waals surface area contributed by atoms with E-state index in [9.17, 15) is 4.79 Å². The SMILES string of the molecule is CCc1ccc2c(CSc3nncs3)cc(=O)oc2c1. The summed E-state index contributed by atoms with van der Waals surface area (Å²) < 4.78 is 6.19. The van der Waals surface area contributed by atoms with E-state index >= 15 is 0 Å². The molecule has 0 radical (unpaired) electrons. The molecule has 0 N–H and O–H groups in total. The number of fused-ring (bicyclic) bond motifs is 1. The number of hydrogen-bond acceptors (Lipinski definition) is 6. The fourth-order valence-corrected chi connectivity index (χ4v) is 3.46. The molecule has 0 aliphatic heterocycles. The number of hydrogen-bond donors (Lipinski definition) is 0. The van der Waals surface area contributed by atoms with E-state index in [0.29, 0.717) is 11.3 Å². The highest BCUT2D eigenvalue weighted by molar-refractivity contribution is 8.00. The second-order valence-electron chi connectivity index (χ2n) is 4.27. The number of rotatable bonds is 4. The fourth-order valence-electron chi connectivity index (χ4n) is 1.98. The first kappa shape index (κ1) is 13.3. The summed E-state index contributed by atoms with van der Waals surface area (Å²) in [5.74, 6) is 0.683. The van der Waals surface area contributed by atoms with Gasteiger partial charge in [0.25, 0.3) is 0 Å². The van der Waals surface area contributed by atoms with E-state index in [1.54, 1.807) is 23.3 Å². The molecule has 0 fully saturated rings. The monoisotopic (exact) mass is 304 g/mol. The molecular weight excluding hydrogens is 292 g/mol. The summed E-state index contributed by atoms with van der Waals surface area (Å²) in [6.07, 6.45) is 0.920. The Balaban J connectivity index is 1.99. The highest BCUT2D eigenvalue weighted by Gasteiger charge is 2.08. The van der Waals surface area contributed by atoms with Gasteiger partial charge in [0.2, 0.25) is 0 Å². The molecule has 20 heavy (non-hydrogen) atoms. The van der Waals surface area contributed by atoms with Gasteiger partial charge in [0.05, 0.1) is 0 Å². The standard InChI is InChI=1S/C14H12N2O2S2/c1-2-9-3-4-11-10(6-13(17)18-12(11)5-9)7-19-14-16-15-8-20-14/h3-6,8H,2,7H2,1H3. The minimum Gasteiger partial charge on any atom is -0.423 e. The van der Waals surface area contributed by atoms with Gasteiger partial charge in [0.15, 0.2) is 4.34 Å². The van der Waals surface area contributed by atoms with Crippen molar-refractivity contribution in [2.45, 2.75) is 23.4 Å². The van der Waals surface area contributed by atoms with Crippen LogP contribution < -0.4 is 5.63 Å². The summed E-state index contributed by atoms with van der Waals surface area (Å²) in [5, 5.41) is 8.78. The van der Waals surface area contributed by atoms with Crippen LogP contribution in [-0.4, -0.2) is 10.2 Å². The lowest BCUT2D eigenvalue weighted by atomic mass is 10.1. The maximum Gasteiger partial charge on any atom is 0.336 e. The molecule has 0 spiro atoms. The summed E-state index contributed by atoms with van der Waals surface area (Å²) in [6, 6.07) is 7.59. The Morgan fingerprint density at radius 3 is 3.00 bits per heavy atom. The molecule has 6 heteroatoms. The van der Waals surface area contributed by atoms with E-state index in [-0.39, 0.29) is 5.63 Å². The molecular formula is C14H12N2O2S2. The Labute approximate surface area is 123 Å². The number of thioether (sulfide) groups is 1. The molecule has 0 aliphatic carbocycles. The van der Waals surface area contributed by atoms with Gasteiger partial charge in [0.1, 0.15) is 11.1 Å². The van der Waals surface area contributed by atoms with Gasteiger partial charge in [-0.3, -0.25) is 0 Å². The van der Waals surface area contributed by atoms with Gasteiger partial charge in [-0.2, -0.15) is 0 Å². The minimum atomic E-state index is -0.307. The molecule has 2 aromatic heterocycles. The van der Waals surface area contributed by atoms with Crippen LogP contribution in [0.15, 0.2) is 43.3 Å². The van der Waals surface area contributed by atoms with Crippen molar-refractivity contribution in [2.75, 3.05) is 0 Å². The Morgan fingerprint density at radius 2 is 2.25 bits per heavy atom. The number of aryl methyl sites for hydroxylation is 1. The van der Waals surface area contributed by atoms with Gasteiger partial charge in [-0.15, -0.1) is 10.2 Å². The minimum absolute atomic E-state index is 0.307. The van der Waals surface area contributed by atoms with Crippen molar-refractivity contribution in [2.24, 2.45) is 0 Å². The fraction of sp³-hybridized carbons (Fsp3) is 0.214. The maximum atomic E-state index is 11.7. The van der Waals surface area contributed by atoms with Gasteiger partial charge in [-0.25, -0.2) is 4.79 Å².